The van der Waals surface area contributed by atoms with E-state index in [-0.39, 0.29) is 24.0 Å². The molecule has 1 aliphatic heterocycles. The summed E-state index contributed by atoms with van der Waals surface area (Å²) in [5, 5.41) is 6.65. The van der Waals surface area contributed by atoms with Crippen molar-refractivity contribution < 1.29 is 14.2 Å². The lowest BCUT2D eigenvalue weighted by molar-refractivity contribution is -0.0320. The van der Waals surface area contributed by atoms with E-state index in [4.69, 9.17) is 14.2 Å². The van der Waals surface area contributed by atoms with Crippen molar-refractivity contribution in [2.45, 2.75) is 38.8 Å². The first-order valence-electron chi connectivity index (χ1n) is 9.18. The normalized spacial score (nSPS) is 15.2. The second-order valence-corrected chi connectivity index (χ2v) is 5.93. The fourth-order valence-corrected chi connectivity index (χ4v) is 2.72. The van der Waals surface area contributed by atoms with Gasteiger partial charge in [-0.05, 0) is 32.3 Å². The Balaban J connectivity index is 0.00000338. The highest BCUT2D eigenvalue weighted by atomic mass is 127. The average Bonchev–Trinajstić information content (AvgIpc) is 2.66. The van der Waals surface area contributed by atoms with Crippen LogP contribution in [0.4, 0.5) is 0 Å². The molecule has 0 spiro atoms. The van der Waals surface area contributed by atoms with Crippen LogP contribution in [0.25, 0.3) is 0 Å². The van der Waals surface area contributed by atoms with Crippen LogP contribution in [-0.4, -0.2) is 52.1 Å². The number of guanidine groups is 1. The van der Waals surface area contributed by atoms with Crippen LogP contribution in [0.3, 0.4) is 0 Å². The minimum Gasteiger partial charge on any atom is -0.494 e. The number of para-hydroxylation sites is 1. The molecular formula is C19H32IN3O3. The van der Waals surface area contributed by atoms with Crippen molar-refractivity contribution in [2.24, 2.45) is 4.99 Å². The van der Waals surface area contributed by atoms with Crippen LogP contribution < -0.4 is 15.4 Å². The average molecular weight is 477 g/mol. The van der Waals surface area contributed by atoms with Crippen LogP contribution in [-0.2, 0) is 16.0 Å². The topological polar surface area (TPSA) is 64.1 Å². The van der Waals surface area contributed by atoms with Crippen LogP contribution in [0.2, 0.25) is 0 Å². The molecule has 0 saturated carbocycles. The molecule has 1 aromatic carbocycles. The number of halogens is 1. The first kappa shape index (κ1) is 23.0. The van der Waals surface area contributed by atoms with Gasteiger partial charge in [-0.2, -0.15) is 0 Å². The molecular weight excluding hydrogens is 445 g/mol. The number of ether oxygens (including phenoxy) is 3. The molecule has 148 valence electrons. The van der Waals surface area contributed by atoms with Gasteiger partial charge < -0.3 is 24.8 Å². The molecule has 1 aromatic rings. The fourth-order valence-electron chi connectivity index (χ4n) is 2.72. The summed E-state index contributed by atoms with van der Waals surface area (Å²) in [6.45, 7) is 6.57. The lowest BCUT2D eigenvalue weighted by atomic mass is 10.1. The SMILES string of the molecule is CCOc1ccccc1CNC(=NC)NCCCOC1CCOCC1.I. The molecule has 2 rings (SSSR count). The van der Waals surface area contributed by atoms with Crippen LogP contribution in [0.1, 0.15) is 31.7 Å². The predicted molar refractivity (Wildman–Crippen MR) is 116 cm³/mol. The Hall–Kier alpha value is -1.06. The highest BCUT2D eigenvalue weighted by Crippen LogP contribution is 2.17. The first-order valence-corrected chi connectivity index (χ1v) is 9.18. The van der Waals surface area contributed by atoms with Gasteiger partial charge in [-0.1, -0.05) is 18.2 Å². The van der Waals surface area contributed by atoms with Crippen molar-refractivity contribution in [1.82, 2.24) is 10.6 Å². The van der Waals surface area contributed by atoms with Gasteiger partial charge in [-0.25, -0.2) is 0 Å². The van der Waals surface area contributed by atoms with E-state index in [2.05, 4.69) is 21.7 Å². The van der Waals surface area contributed by atoms with Crippen molar-refractivity contribution >= 4 is 29.9 Å². The number of hydrogen-bond donors (Lipinski definition) is 2. The molecule has 2 N–H and O–H groups in total. The minimum absolute atomic E-state index is 0. The molecule has 1 aliphatic rings. The van der Waals surface area contributed by atoms with E-state index in [1.165, 1.54) is 0 Å². The van der Waals surface area contributed by atoms with Crippen LogP contribution in [0, 0.1) is 0 Å². The van der Waals surface area contributed by atoms with Gasteiger partial charge in [0.25, 0.3) is 0 Å². The zero-order valence-corrected chi connectivity index (χ0v) is 18.2. The van der Waals surface area contributed by atoms with E-state index in [0.717, 1.165) is 62.9 Å². The minimum atomic E-state index is 0. The molecule has 1 saturated heterocycles. The maximum Gasteiger partial charge on any atom is 0.191 e. The first-order chi connectivity index (χ1) is 12.3. The predicted octanol–water partition coefficient (Wildman–Crippen LogP) is 2.95. The Labute approximate surface area is 174 Å². The zero-order chi connectivity index (χ0) is 17.7. The summed E-state index contributed by atoms with van der Waals surface area (Å²) in [6, 6.07) is 8.06. The lowest BCUT2D eigenvalue weighted by Gasteiger charge is -2.22. The molecule has 0 atom stereocenters. The van der Waals surface area contributed by atoms with Crippen LogP contribution >= 0.6 is 24.0 Å². The van der Waals surface area contributed by atoms with Crippen molar-refractivity contribution in [3.63, 3.8) is 0 Å². The van der Waals surface area contributed by atoms with E-state index in [1.54, 1.807) is 7.05 Å². The molecule has 6 nitrogen and oxygen atoms in total. The Morgan fingerprint density at radius 2 is 2.00 bits per heavy atom. The Morgan fingerprint density at radius 1 is 1.23 bits per heavy atom. The van der Waals surface area contributed by atoms with Crippen LogP contribution in [0.15, 0.2) is 29.3 Å². The second-order valence-electron chi connectivity index (χ2n) is 5.93. The number of aliphatic imine (C=N–C) groups is 1. The zero-order valence-electron chi connectivity index (χ0n) is 15.8. The summed E-state index contributed by atoms with van der Waals surface area (Å²) in [6.07, 6.45) is 3.33. The number of hydrogen-bond acceptors (Lipinski definition) is 4. The smallest absolute Gasteiger partial charge is 0.191 e. The molecule has 1 fully saturated rings. The molecule has 0 aromatic heterocycles. The van der Waals surface area contributed by atoms with Gasteiger partial charge in [0.15, 0.2) is 5.96 Å². The maximum absolute atomic E-state index is 5.87. The monoisotopic (exact) mass is 477 g/mol. The molecule has 7 heteroatoms. The largest absolute Gasteiger partial charge is 0.494 e. The van der Waals surface area contributed by atoms with Gasteiger partial charge in [0.2, 0.25) is 0 Å². The molecule has 1 heterocycles. The third-order valence-electron chi connectivity index (χ3n) is 4.08. The number of rotatable bonds is 9. The quantitative estimate of drug-likeness (QED) is 0.248. The Morgan fingerprint density at radius 3 is 2.73 bits per heavy atom. The van der Waals surface area contributed by atoms with E-state index in [0.29, 0.717) is 19.3 Å². The van der Waals surface area contributed by atoms with Gasteiger partial charge in [0.1, 0.15) is 5.75 Å². The maximum atomic E-state index is 5.87. The summed E-state index contributed by atoms with van der Waals surface area (Å²) in [7, 11) is 1.78. The van der Waals surface area contributed by atoms with Gasteiger partial charge in [-0.3, -0.25) is 4.99 Å². The van der Waals surface area contributed by atoms with Crippen LogP contribution in [0.5, 0.6) is 5.75 Å². The van der Waals surface area contributed by atoms with Crippen molar-refractivity contribution in [1.29, 1.82) is 0 Å². The van der Waals surface area contributed by atoms with Crippen molar-refractivity contribution in [3.8, 4) is 5.75 Å². The standard InChI is InChI=1S/C19H31N3O3.HI/c1-3-24-18-8-5-4-7-16(18)15-22-19(20-2)21-11-6-12-25-17-9-13-23-14-10-17;/h4-5,7-8,17H,3,6,9-15H2,1-2H3,(H2,20,21,22);1H. The van der Waals surface area contributed by atoms with Gasteiger partial charge in [-0.15, -0.1) is 24.0 Å². The Kier molecular flexibility index (Phi) is 12.4. The highest BCUT2D eigenvalue weighted by molar-refractivity contribution is 14.0. The van der Waals surface area contributed by atoms with Crippen molar-refractivity contribution in [3.05, 3.63) is 29.8 Å². The molecule has 0 amide bonds. The van der Waals surface area contributed by atoms with E-state index >= 15 is 0 Å². The third-order valence-corrected chi connectivity index (χ3v) is 4.08. The molecule has 0 aliphatic carbocycles. The summed E-state index contributed by atoms with van der Waals surface area (Å²) in [4.78, 5) is 4.26. The molecule has 0 radical (unpaired) electrons. The van der Waals surface area contributed by atoms with Gasteiger partial charge in [0.05, 0.1) is 12.7 Å². The molecule has 26 heavy (non-hydrogen) atoms. The fraction of sp³-hybridized carbons (Fsp3) is 0.632. The molecule has 0 bridgehead atoms. The summed E-state index contributed by atoms with van der Waals surface area (Å²) in [5.41, 5.74) is 1.12. The number of nitrogens with zero attached hydrogens (tertiary/aromatic N) is 1. The second kappa shape index (κ2) is 14.1. The van der Waals surface area contributed by atoms with Gasteiger partial charge in [0, 0.05) is 45.5 Å². The lowest BCUT2D eigenvalue weighted by Crippen LogP contribution is -2.37. The summed E-state index contributed by atoms with van der Waals surface area (Å²) in [5.74, 6) is 1.70. The molecule has 0 unspecified atom stereocenters. The van der Waals surface area contributed by atoms with Gasteiger partial charge >= 0.3 is 0 Å². The number of nitrogens with one attached hydrogen (secondary N) is 2. The highest BCUT2D eigenvalue weighted by Gasteiger charge is 2.13. The summed E-state index contributed by atoms with van der Waals surface area (Å²) < 4.78 is 16.9. The van der Waals surface area contributed by atoms with E-state index in [1.807, 2.05) is 25.1 Å². The van der Waals surface area contributed by atoms with E-state index < -0.39 is 0 Å². The number of benzene rings is 1. The third kappa shape index (κ3) is 8.55. The van der Waals surface area contributed by atoms with E-state index in [9.17, 15) is 0 Å². The van der Waals surface area contributed by atoms with Crippen molar-refractivity contribution in [2.75, 3.05) is 40.0 Å². The summed E-state index contributed by atoms with van der Waals surface area (Å²) >= 11 is 0. The Bertz CT molecular complexity index is 523.